The van der Waals surface area contributed by atoms with Crippen molar-refractivity contribution in [2.24, 2.45) is 5.92 Å². The normalized spacial score (nSPS) is 11.9. The van der Waals surface area contributed by atoms with Crippen molar-refractivity contribution in [3.05, 3.63) is 81.1 Å². The molecular formula is C26H28Cl3N5O2S. The largest absolute Gasteiger partial charge is 0.342 e. The lowest BCUT2D eigenvalue weighted by Gasteiger charge is -2.21. The molecule has 1 aromatic heterocycles. The van der Waals surface area contributed by atoms with E-state index in [1.165, 1.54) is 17.8 Å². The van der Waals surface area contributed by atoms with Crippen LogP contribution in [0.25, 0.3) is 0 Å². The summed E-state index contributed by atoms with van der Waals surface area (Å²) in [5.74, 6) is 0.395. The van der Waals surface area contributed by atoms with E-state index in [0.29, 0.717) is 45.2 Å². The molecule has 1 atom stereocenters. The molecule has 2 aromatic carbocycles. The van der Waals surface area contributed by atoms with Crippen LogP contribution in [0.1, 0.15) is 48.1 Å². The van der Waals surface area contributed by atoms with Gasteiger partial charge in [0, 0.05) is 22.3 Å². The molecule has 37 heavy (non-hydrogen) atoms. The van der Waals surface area contributed by atoms with Gasteiger partial charge >= 0.3 is 0 Å². The number of nitrogens with zero attached hydrogens (tertiary/aromatic N) is 3. The second-order valence-electron chi connectivity index (χ2n) is 8.77. The Balaban J connectivity index is 1.79. The summed E-state index contributed by atoms with van der Waals surface area (Å²) < 4.78 is 1.85. The van der Waals surface area contributed by atoms with Crippen LogP contribution in [0.3, 0.4) is 0 Å². The number of nitrogens with one attached hydrogen (secondary N) is 2. The van der Waals surface area contributed by atoms with Crippen LogP contribution in [0, 0.1) is 12.8 Å². The number of benzene rings is 2. The molecule has 11 heteroatoms. The molecule has 0 fully saturated rings. The predicted octanol–water partition coefficient (Wildman–Crippen LogP) is 6.98. The number of carbonyl (C=O) groups excluding carboxylic acids is 2. The topological polar surface area (TPSA) is 88.9 Å². The first kappa shape index (κ1) is 29.0. The molecule has 0 aliphatic carbocycles. The maximum Gasteiger partial charge on any atom is 0.253 e. The van der Waals surface area contributed by atoms with Crippen molar-refractivity contribution in [3.63, 3.8) is 0 Å². The van der Waals surface area contributed by atoms with E-state index in [1.807, 2.05) is 11.5 Å². The molecule has 0 spiro atoms. The van der Waals surface area contributed by atoms with Crippen LogP contribution in [0.4, 0.5) is 5.69 Å². The number of anilines is 1. The van der Waals surface area contributed by atoms with Gasteiger partial charge in [0.05, 0.1) is 22.4 Å². The van der Waals surface area contributed by atoms with Crippen LogP contribution >= 0.6 is 46.6 Å². The van der Waals surface area contributed by atoms with Crippen molar-refractivity contribution in [1.82, 2.24) is 20.1 Å². The molecule has 0 aliphatic rings. The van der Waals surface area contributed by atoms with E-state index in [9.17, 15) is 9.59 Å². The second kappa shape index (κ2) is 13.3. The molecule has 0 aliphatic heterocycles. The fourth-order valence-electron chi connectivity index (χ4n) is 3.63. The van der Waals surface area contributed by atoms with Gasteiger partial charge in [-0.25, -0.2) is 0 Å². The van der Waals surface area contributed by atoms with Gasteiger partial charge in [0.15, 0.2) is 11.0 Å². The number of carbonyl (C=O) groups is 2. The fourth-order valence-corrected chi connectivity index (χ4v) is 5.06. The SMILES string of the molecule is C=CCn1c(SCC(=O)Nc2cccc(Cl)c2C)nnc1[C@H](CC(C)C)NC(=O)c1ccc(Cl)cc1Cl. The Morgan fingerprint density at radius 3 is 2.57 bits per heavy atom. The number of hydrogen-bond donors (Lipinski definition) is 2. The van der Waals surface area contributed by atoms with Crippen molar-refractivity contribution in [3.8, 4) is 0 Å². The zero-order valence-corrected chi connectivity index (χ0v) is 23.8. The van der Waals surface area contributed by atoms with Gasteiger partial charge in [-0.2, -0.15) is 0 Å². The molecule has 2 amide bonds. The number of amides is 2. The third-order valence-corrected chi connectivity index (χ3v) is 7.36. The van der Waals surface area contributed by atoms with Gasteiger partial charge in [0.1, 0.15) is 0 Å². The molecule has 0 radical (unpaired) electrons. The van der Waals surface area contributed by atoms with Crippen LogP contribution in [0.5, 0.6) is 0 Å². The zero-order valence-electron chi connectivity index (χ0n) is 20.7. The number of hydrogen-bond acceptors (Lipinski definition) is 5. The van der Waals surface area contributed by atoms with Gasteiger partial charge in [0.25, 0.3) is 5.91 Å². The minimum absolute atomic E-state index is 0.114. The lowest BCUT2D eigenvalue weighted by molar-refractivity contribution is -0.113. The Morgan fingerprint density at radius 2 is 1.89 bits per heavy atom. The van der Waals surface area contributed by atoms with Gasteiger partial charge < -0.3 is 15.2 Å². The average molecular weight is 581 g/mol. The van der Waals surface area contributed by atoms with Crippen LogP contribution in [-0.4, -0.2) is 32.3 Å². The number of halogens is 3. The van der Waals surface area contributed by atoms with Crippen LogP contribution in [0.2, 0.25) is 15.1 Å². The van der Waals surface area contributed by atoms with Crippen LogP contribution in [-0.2, 0) is 11.3 Å². The molecule has 2 N–H and O–H groups in total. The lowest BCUT2D eigenvalue weighted by atomic mass is 10.0. The van der Waals surface area contributed by atoms with Gasteiger partial charge in [-0.15, -0.1) is 16.8 Å². The minimum atomic E-state index is -0.441. The molecule has 7 nitrogen and oxygen atoms in total. The van der Waals surface area contributed by atoms with Crippen molar-refractivity contribution < 1.29 is 9.59 Å². The van der Waals surface area contributed by atoms with E-state index < -0.39 is 6.04 Å². The summed E-state index contributed by atoms with van der Waals surface area (Å²) >= 11 is 19.6. The molecule has 0 unspecified atom stereocenters. The van der Waals surface area contributed by atoms with Gasteiger partial charge in [0.2, 0.25) is 5.91 Å². The summed E-state index contributed by atoms with van der Waals surface area (Å²) in [6, 6.07) is 9.64. The van der Waals surface area contributed by atoms with E-state index in [4.69, 9.17) is 34.8 Å². The number of aromatic nitrogens is 3. The summed E-state index contributed by atoms with van der Waals surface area (Å²) in [5.41, 5.74) is 1.77. The van der Waals surface area contributed by atoms with Gasteiger partial charge in [-0.05, 0) is 55.2 Å². The van der Waals surface area contributed by atoms with Crippen molar-refractivity contribution in [2.75, 3.05) is 11.1 Å². The number of thioether (sulfide) groups is 1. The molecule has 3 rings (SSSR count). The number of rotatable bonds is 11. The van der Waals surface area contributed by atoms with E-state index in [1.54, 1.807) is 36.4 Å². The average Bonchev–Trinajstić information content (AvgIpc) is 3.22. The van der Waals surface area contributed by atoms with E-state index in [0.717, 1.165) is 5.56 Å². The Bertz CT molecular complexity index is 1300. The van der Waals surface area contributed by atoms with E-state index in [2.05, 4.69) is 41.3 Å². The van der Waals surface area contributed by atoms with Gasteiger partial charge in [-0.3, -0.25) is 9.59 Å². The fraction of sp³-hybridized carbons (Fsp3) is 0.308. The molecular weight excluding hydrogens is 553 g/mol. The highest BCUT2D eigenvalue weighted by atomic mass is 35.5. The summed E-state index contributed by atoms with van der Waals surface area (Å²) in [6.07, 6.45) is 2.34. The van der Waals surface area contributed by atoms with Crippen LogP contribution in [0.15, 0.2) is 54.2 Å². The molecule has 0 saturated heterocycles. The minimum Gasteiger partial charge on any atom is -0.342 e. The van der Waals surface area contributed by atoms with Crippen molar-refractivity contribution in [2.45, 2.75) is 44.9 Å². The third kappa shape index (κ3) is 7.74. The monoisotopic (exact) mass is 579 g/mol. The highest BCUT2D eigenvalue weighted by Gasteiger charge is 2.25. The standard InChI is InChI=1S/C26H28Cl3N5O2S/c1-5-11-34-24(22(12-15(2)3)31-25(36)18-10-9-17(27)13-20(18)29)32-33-26(34)37-14-23(35)30-21-8-6-7-19(28)16(21)4/h5-10,13,15,22H,1,11-12,14H2,2-4H3,(H,30,35)(H,31,36)/t22-/m0/s1. The highest BCUT2D eigenvalue weighted by molar-refractivity contribution is 7.99. The first-order valence-corrected chi connectivity index (χ1v) is 13.7. The predicted molar refractivity (Wildman–Crippen MR) is 152 cm³/mol. The Kier molecular flexibility index (Phi) is 10.5. The Hall–Kier alpha value is -2.52. The first-order chi connectivity index (χ1) is 17.6. The number of allylic oxidation sites excluding steroid dienone is 1. The quantitative estimate of drug-likeness (QED) is 0.189. The van der Waals surface area contributed by atoms with Gasteiger partial charge in [-0.1, -0.05) is 72.6 Å². The van der Waals surface area contributed by atoms with E-state index >= 15 is 0 Å². The lowest BCUT2D eigenvalue weighted by Crippen LogP contribution is -2.32. The van der Waals surface area contributed by atoms with E-state index in [-0.39, 0.29) is 28.5 Å². The molecule has 3 aromatic rings. The summed E-state index contributed by atoms with van der Waals surface area (Å²) in [4.78, 5) is 25.7. The molecule has 196 valence electrons. The third-order valence-electron chi connectivity index (χ3n) is 5.43. The second-order valence-corrected chi connectivity index (χ2v) is 11.0. The Morgan fingerprint density at radius 1 is 1.14 bits per heavy atom. The van der Waals surface area contributed by atoms with Crippen molar-refractivity contribution >= 4 is 64.1 Å². The molecule has 0 bridgehead atoms. The molecule has 0 saturated carbocycles. The maximum absolute atomic E-state index is 13.1. The van der Waals surface area contributed by atoms with Crippen LogP contribution < -0.4 is 10.6 Å². The first-order valence-electron chi connectivity index (χ1n) is 11.6. The highest BCUT2D eigenvalue weighted by Crippen LogP contribution is 2.28. The zero-order chi connectivity index (χ0) is 27.1. The summed E-state index contributed by atoms with van der Waals surface area (Å²) in [7, 11) is 0. The molecule has 1 heterocycles. The maximum atomic E-state index is 13.1. The Labute approximate surface area is 236 Å². The summed E-state index contributed by atoms with van der Waals surface area (Å²) in [5, 5.41) is 16.5. The van der Waals surface area contributed by atoms with Crippen molar-refractivity contribution in [1.29, 1.82) is 0 Å². The smallest absolute Gasteiger partial charge is 0.253 e. The summed E-state index contributed by atoms with van der Waals surface area (Å²) in [6.45, 7) is 10.2.